The van der Waals surface area contributed by atoms with Crippen LogP contribution in [0.1, 0.15) is 5.56 Å². The van der Waals surface area contributed by atoms with Gasteiger partial charge in [-0.1, -0.05) is 0 Å². The summed E-state index contributed by atoms with van der Waals surface area (Å²) in [6.45, 7) is 0. The number of thiophene rings is 1. The maximum absolute atomic E-state index is 9.61. The lowest BCUT2D eigenvalue weighted by Crippen LogP contribution is -1.76. The van der Waals surface area contributed by atoms with Gasteiger partial charge in [0, 0.05) is 5.88 Å². The molecule has 2 rings (SSSR count). The van der Waals surface area contributed by atoms with Crippen molar-refractivity contribution in [2.24, 2.45) is 0 Å². The second kappa shape index (κ2) is 3.40. The summed E-state index contributed by atoms with van der Waals surface area (Å²) in [5.41, 5.74) is 0.929. The summed E-state index contributed by atoms with van der Waals surface area (Å²) < 4.78 is 1.77. The minimum Gasteiger partial charge on any atom is -0.506 e. The zero-order chi connectivity index (χ0) is 9.42. The molecule has 0 aliphatic carbocycles. The third-order valence-electron chi connectivity index (χ3n) is 1.80. The monoisotopic (exact) mass is 230 g/mol. The minimum atomic E-state index is 0.290. The first-order valence-electron chi connectivity index (χ1n) is 3.71. The van der Waals surface area contributed by atoms with Gasteiger partial charge in [0.05, 0.1) is 8.91 Å². The highest BCUT2D eigenvalue weighted by molar-refractivity contribution is 7.83. The van der Waals surface area contributed by atoms with Gasteiger partial charge in [-0.25, -0.2) is 0 Å². The SMILES string of the molecule is Oc1cc(CCl)cc2cc(S)sc12. The molecule has 0 aliphatic rings. The number of fused-ring (bicyclic) bond motifs is 1. The van der Waals surface area contributed by atoms with Crippen LogP contribution in [-0.4, -0.2) is 5.11 Å². The van der Waals surface area contributed by atoms with Crippen molar-refractivity contribution >= 4 is 45.7 Å². The average molecular weight is 231 g/mol. The zero-order valence-corrected chi connectivity index (χ0v) is 9.09. The summed E-state index contributed by atoms with van der Waals surface area (Å²) in [6.07, 6.45) is 0. The molecule has 2 aromatic rings. The van der Waals surface area contributed by atoms with Crippen LogP contribution in [0.5, 0.6) is 5.75 Å². The predicted molar refractivity (Wildman–Crippen MR) is 60.3 cm³/mol. The van der Waals surface area contributed by atoms with Gasteiger partial charge in [-0.3, -0.25) is 0 Å². The number of aromatic hydroxyl groups is 1. The van der Waals surface area contributed by atoms with Crippen molar-refractivity contribution in [3.8, 4) is 5.75 Å². The molecule has 0 atom stereocenters. The van der Waals surface area contributed by atoms with Crippen LogP contribution in [0.3, 0.4) is 0 Å². The number of hydrogen-bond acceptors (Lipinski definition) is 3. The van der Waals surface area contributed by atoms with Crippen LogP contribution in [0.2, 0.25) is 0 Å². The molecule has 0 fully saturated rings. The second-order valence-electron chi connectivity index (χ2n) is 2.75. The summed E-state index contributed by atoms with van der Waals surface area (Å²) in [6, 6.07) is 5.59. The van der Waals surface area contributed by atoms with Crippen LogP contribution in [0.15, 0.2) is 22.4 Å². The van der Waals surface area contributed by atoms with Gasteiger partial charge in [0.2, 0.25) is 0 Å². The van der Waals surface area contributed by atoms with Crippen LogP contribution >= 0.6 is 35.6 Å². The molecule has 1 N–H and O–H groups in total. The van der Waals surface area contributed by atoms with Crippen LogP contribution in [0.25, 0.3) is 10.1 Å². The van der Waals surface area contributed by atoms with E-state index in [-0.39, 0.29) is 0 Å². The van der Waals surface area contributed by atoms with E-state index in [1.807, 2.05) is 12.1 Å². The summed E-state index contributed by atoms with van der Waals surface area (Å²) >= 11 is 11.4. The number of rotatable bonds is 1. The summed E-state index contributed by atoms with van der Waals surface area (Å²) in [5.74, 6) is 0.708. The molecule has 1 heterocycles. The normalized spacial score (nSPS) is 10.9. The molecule has 4 heteroatoms. The maximum atomic E-state index is 9.61. The first-order chi connectivity index (χ1) is 6.20. The number of alkyl halides is 1. The summed E-state index contributed by atoms with van der Waals surface area (Å²) in [4.78, 5) is 0. The van der Waals surface area contributed by atoms with Crippen molar-refractivity contribution in [3.05, 3.63) is 23.8 Å². The van der Waals surface area contributed by atoms with Crippen LogP contribution < -0.4 is 0 Å². The van der Waals surface area contributed by atoms with Gasteiger partial charge in [0.25, 0.3) is 0 Å². The van der Waals surface area contributed by atoms with E-state index < -0.39 is 0 Å². The number of thiol groups is 1. The zero-order valence-electron chi connectivity index (χ0n) is 6.62. The molecule has 0 spiro atoms. The van der Waals surface area contributed by atoms with Gasteiger partial charge in [0.1, 0.15) is 5.75 Å². The first-order valence-corrected chi connectivity index (χ1v) is 5.51. The van der Waals surface area contributed by atoms with Crippen molar-refractivity contribution in [3.63, 3.8) is 0 Å². The maximum Gasteiger partial charge on any atom is 0.133 e. The van der Waals surface area contributed by atoms with Gasteiger partial charge in [0.15, 0.2) is 0 Å². The van der Waals surface area contributed by atoms with Crippen molar-refractivity contribution < 1.29 is 5.11 Å². The van der Waals surface area contributed by atoms with Crippen LogP contribution in [0, 0.1) is 0 Å². The number of benzene rings is 1. The van der Waals surface area contributed by atoms with Gasteiger partial charge in [-0.2, -0.15) is 0 Å². The Kier molecular flexibility index (Phi) is 2.41. The quantitative estimate of drug-likeness (QED) is 0.566. The predicted octanol–water partition coefficient (Wildman–Crippen LogP) is 3.63. The van der Waals surface area contributed by atoms with E-state index in [1.54, 1.807) is 6.07 Å². The number of halogens is 1. The highest BCUT2D eigenvalue weighted by Gasteiger charge is 2.05. The van der Waals surface area contributed by atoms with Crippen LogP contribution in [-0.2, 0) is 5.88 Å². The molecule has 0 saturated heterocycles. The Morgan fingerprint density at radius 2 is 2.15 bits per heavy atom. The topological polar surface area (TPSA) is 20.2 Å². The first kappa shape index (κ1) is 9.19. The van der Waals surface area contributed by atoms with Crippen molar-refractivity contribution in [2.75, 3.05) is 0 Å². The van der Waals surface area contributed by atoms with E-state index in [9.17, 15) is 5.11 Å². The van der Waals surface area contributed by atoms with E-state index in [2.05, 4.69) is 12.6 Å². The van der Waals surface area contributed by atoms with E-state index in [4.69, 9.17) is 11.6 Å². The molecule has 0 unspecified atom stereocenters. The summed E-state index contributed by atoms with van der Waals surface area (Å²) in [5, 5.41) is 10.6. The van der Waals surface area contributed by atoms with Crippen molar-refractivity contribution in [1.82, 2.24) is 0 Å². The fourth-order valence-electron chi connectivity index (χ4n) is 1.26. The number of phenols is 1. The van der Waals surface area contributed by atoms with E-state index >= 15 is 0 Å². The van der Waals surface area contributed by atoms with E-state index in [0.29, 0.717) is 11.6 Å². The van der Waals surface area contributed by atoms with E-state index in [0.717, 1.165) is 19.9 Å². The Hall–Kier alpha value is -0.380. The lowest BCUT2D eigenvalue weighted by molar-refractivity contribution is 0.482. The van der Waals surface area contributed by atoms with Gasteiger partial charge < -0.3 is 5.11 Å². The fraction of sp³-hybridized carbons (Fsp3) is 0.111. The molecule has 13 heavy (non-hydrogen) atoms. The third-order valence-corrected chi connectivity index (χ3v) is 3.49. The second-order valence-corrected chi connectivity index (χ2v) is 4.86. The molecule has 1 nitrogen and oxygen atoms in total. The Morgan fingerprint density at radius 3 is 2.85 bits per heavy atom. The highest BCUT2D eigenvalue weighted by Crippen LogP contribution is 2.35. The third kappa shape index (κ3) is 1.64. The fourth-order valence-corrected chi connectivity index (χ4v) is 2.62. The van der Waals surface area contributed by atoms with Crippen LogP contribution in [0.4, 0.5) is 0 Å². The number of phenolic OH excluding ortho intramolecular Hbond substituents is 1. The Labute approximate surface area is 90.4 Å². The largest absolute Gasteiger partial charge is 0.506 e. The van der Waals surface area contributed by atoms with Crippen molar-refractivity contribution in [2.45, 2.75) is 10.1 Å². The molecule has 0 amide bonds. The average Bonchev–Trinajstić information content (AvgIpc) is 2.46. The number of hydrogen-bond donors (Lipinski definition) is 2. The molecule has 0 saturated carbocycles. The molecule has 1 aromatic carbocycles. The smallest absolute Gasteiger partial charge is 0.133 e. The molecule has 1 aromatic heterocycles. The molecule has 0 aliphatic heterocycles. The molecule has 68 valence electrons. The summed E-state index contributed by atoms with van der Waals surface area (Å²) in [7, 11) is 0. The molecule has 0 radical (unpaired) electrons. The highest BCUT2D eigenvalue weighted by atomic mass is 35.5. The minimum absolute atomic E-state index is 0.290. The van der Waals surface area contributed by atoms with E-state index in [1.165, 1.54) is 11.3 Å². The Balaban J connectivity index is 2.75. The van der Waals surface area contributed by atoms with Crippen molar-refractivity contribution in [1.29, 1.82) is 0 Å². The molecule has 0 bridgehead atoms. The van der Waals surface area contributed by atoms with Gasteiger partial charge in [-0.05, 0) is 29.1 Å². The Bertz CT molecular complexity index is 450. The standard InChI is InChI=1S/C9H7ClOS2/c10-4-5-1-6-3-8(12)13-9(6)7(11)2-5/h1-3,11-12H,4H2. The molecular formula is C9H7ClOS2. The van der Waals surface area contributed by atoms with Gasteiger partial charge >= 0.3 is 0 Å². The lowest BCUT2D eigenvalue weighted by Gasteiger charge is -1.98. The molecular weight excluding hydrogens is 224 g/mol. The Morgan fingerprint density at radius 1 is 1.38 bits per heavy atom. The lowest BCUT2D eigenvalue weighted by atomic mass is 10.2. The van der Waals surface area contributed by atoms with Gasteiger partial charge in [-0.15, -0.1) is 35.6 Å².